The number of carbonyl (C=O) groups is 1. The molecular weight excluding hydrogens is 192 g/mol. The fraction of sp³-hybridized carbons (Fsp3) is 0.909. The molecule has 1 saturated heterocycles. The molecule has 1 aliphatic heterocycles. The van der Waals surface area contributed by atoms with Crippen LogP contribution in [-0.2, 0) is 4.79 Å². The fourth-order valence-electron chi connectivity index (χ4n) is 2.02. The summed E-state index contributed by atoms with van der Waals surface area (Å²) in [4.78, 5) is 13.6. The van der Waals surface area contributed by atoms with Gasteiger partial charge in [-0.3, -0.25) is 4.79 Å². The number of amides is 1. The predicted octanol–water partition coefficient (Wildman–Crippen LogP) is 0.215. The molecule has 88 valence electrons. The maximum absolute atomic E-state index is 11.8. The van der Waals surface area contributed by atoms with Crippen LogP contribution in [0.1, 0.15) is 26.7 Å². The maximum Gasteiger partial charge on any atom is 0.224 e. The van der Waals surface area contributed by atoms with Gasteiger partial charge in [0.25, 0.3) is 0 Å². The standard InChI is InChI=1S/C11H22N2O2/c1-9(2)7-10(8-14)13-6-5-12-4-3-11(13)15/h9-10,12,14H,3-8H2,1-2H3/t10-/m0/s1. The zero-order chi connectivity index (χ0) is 11.3. The van der Waals surface area contributed by atoms with E-state index in [-0.39, 0.29) is 18.6 Å². The summed E-state index contributed by atoms with van der Waals surface area (Å²) in [5, 5.41) is 12.5. The first kappa shape index (κ1) is 12.5. The molecule has 1 rings (SSSR count). The summed E-state index contributed by atoms with van der Waals surface area (Å²) < 4.78 is 0. The zero-order valence-corrected chi connectivity index (χ0v) is 9.70. The number of hydrogen-bond donors (Lipinski definition) is 2. The largest absolute Gasteiger partial charge is 0.394 e. The van der Waals surface area contributed by atoms with Crippen molar-refractivity contribution in [2.45, 2.75) is 32.7 Å². The predicted molar refractivity (Wildman–Crippen MR) is 59.5 cm³/mol. The van der Waals surface area contributed by atoms with E-state index in [9.17, 15) is 9.90 Å². The molecule has 0 aliphatic carbocycles. The molecule has 0 aromatic heterocycles. The molecule has 1 aliphatic rings. The van der Waals surface area contributed by atoms with Crippen molar-refractivity contribution in [1.29, 1.82) is 0 Å². The highest BCUT2D eigenvalue weighted by atomic mass is 16.3. The molecule has 0 spiro atoms. The van der Waals surface area contributed by atoms with E-state index >= 15 is 0 Å². The average Bonchev–Trinajstić information content (AvgIpc) is 2.39. The van der Waals surface area contributed by atoms with Crippen molar-refractivity contribution in [1.82, 2.24) is 10.2 Å². The Morgan fingerprint density at radius 3 is 2.80 bits per heavy atom. The molecule has 0 unspecified atom stereocenters. The van der Waals surface area contributed by atoms with E-state index in [1.807, 2.05) is 4.90 Å². The molecule has 2 N–H and O–H groups in total. The van der Waals surface area contributed by atoms with Gasteiger partial charge in [-0.15, -0.1) is 0 Å². The van der Waals surface area contributed by atoms with Gasteiger partial charge in [0.1, 0.15) is 0 Å². The van der Waals surface area contributed by atoms with Crippen LogP contribution in [0.25, 0.3) is 0 Å². The molecule has 1 heterocycles. The molecule has 1 atom stereocenters. The molecule has 0 bridgehead atoms. The third kappa shape index (κ3) is 3.80. The summed E-state index contributed by atoms with van der Waals surface area (Å²) in [6.07, 6.45) is 1.43. The lowest BCUT2D eigenvalue weighted by atomic mass is 10.0. The highest BCUT2D eigenvalue weighted by Gasteiger charge is 2.24. The third-order valence-electron chi connectivity index (χ3n) is 2.76. The number of aliphatic hydroxyl groups is 1. The second-order valence-corrected chi connectivity index (χ2v) is 4.55. The molecule has 4 nitrogen and oxygen atoms in total. The number of carbonyl (C=O) groups excluding carboxylic acids is 1. The van der Waals surface area contributed by atoms with Crippen molar-refractivity contribution in [3.63, 3.8) is 0 Å². The van der Waals surface area contributed by atoms with Crippen LogP contribution in [0.3, 0.4) is 0 Å². The van der Waals surface area contributed by atoms with E-state index < -0.39 is 0 Å². The molecule has 4 heteroatoms. The maximum atomic E-state index is 11.8. The Kier molecular flexibility index (Phi) is 5.05. The van der Waals surface area contributed by atoms with Gasteiger partial charge in [-0.25, -0.2) is 0 Å². The topological polar surface area (TPSA) is 52.6 Å². The van der Waals surface area contributed by atoms with Crippen LogP contribution in [-0.4, -0.2) is 48.2 Å². The van der Waals surface area contributed by atoms with E-state index in [0.717, 1.165) is 26.1 Å². The Balaban J connectivity index is 2.59. The molecule has 0 aromatic carbocycles. The van der Waals surface area contributed by atoms with Crippen molar-refractivity contribution in [3.8, 4) is 0 Å². The summed E-state index contributed by atoms with van der Waals surface area (Å²) in [7, 11) is 0. The van der Waals surface area contributed by atoms with Gasteiger partial charge in [0.05, 0.1) is 12.6 Å². The van der Waals surface area contributed by atoms with Gasteiger partial charge in [0.2, 0.25) is 5.91 Å². The number of rotatable bonds is 4. The van der Waals surface area contributed by atoms with Gasteiger partial charge in [-0.2, -0.15) is 0 Å². The van der Waals surface area contributed by atoms with Crippen molar-refractivity contribution >= 4 is 5.91 Å². The lowest BCUT2D eigenvalue weighted by Gasteiger charge is -2.30. The lowest BCUT2D eigenvalue weighted by molar-refractivity contribution is -0.133. The van der Waals surface area contributed by atoms with Gasteiger partial charge in [0.15, 0.2) is 0 Å². The summed E-state index contributed by atoms with van der Waals surface area (Å²) in [5.74, 6) is 0.672. The first-order valence-electron chi connectivity index (χ1n) is 5.76. The van der Waals surface area contributed by atoms with Gasteiger partial charge in [-0.1, -0.05) is 13.8 Å². The van der Waals surface area contributed by atoms with Gasteiger partial charge < -0.3 is 15.3 Å². The van der Waals surface area contributed by atoms with E-state index in [1.165, 1.54) is 0 Å². The molecule has 0 aromatic rings. The van der Waals surface area contributed by atoms with Crippen LogP contribution in [0.2, 0.25) is 0 Å². The van der Waals surface area contributed by atoms with Crippen molar-refractivity contribution < 1.29 is 9.90 Å². The van der Waals surface area contributed by atoms with Gasteiger partial charge >= 0.3 is 0 Å². The summed E-state index contributed by atoms with van der Waals surface area (Å²) >= 11 is 0. The molecule has 1 fully saturated rings. The van der Waals surface area contributed by atoms with Crippen molar-refractivity contribution in [2.24, 2.45) is 5.92 Å². The fourth-order valence-corrected chi connectivity index (χ4v) is 2.02. The Hall–Kier alpha value is -0.610. The first-order chi connectivity index (χ1) is 7.15. The van der Waals surface area contributed by atoms with Crippen molar-refractivity contribution in [3.05, 3.63) is 0 Å². The first-order valence-corrected chi connectivity index (χ1v) is 5.76. The molecule has 1 amide bonds. The smallest absolute Gasteiger partial charge is 0.224 e. The van der Waals surface area contributed by atoms with E-state index in [0.29, 0.717) is 12.3 Å². The van der Waals surface area contributed by atoms with Crippen LogP contribution in [0.5, 0.6) is 0 Å². The third-order valence-corrected chi connectivity index (χ3v) is 2.76. The minimum Gasteiger partial charge on any atom is -0.394 e. The monoisotopic (exact) mass is 214 g/mol. The Morgan fingerprint density at radius 1 is 1.47 bits per heavy atom. The minimum absolute atomic E-state index is 0.00241. The van der Waals surface area contributed by atoms with Crippen LogP contribution >= 0.6 is 0 Å². The molecule has 0 saturated carbocycles. The number of hydrogen-bond acceptors (Lipinski definition) is 3. The van der Waals surface area contributed by atoms with E-state index in [4.69, 9.17) is 0 Å². The van der Waals surface area contributed by atoms with Gasteiger partial charge in [0, 0.05) is 26.1 Å². The zero-order valence-electron chi connectivity index (χ0n) is 9.70. The van der Waals surface area contributed by atoms with E-state index in [1.54, 1.807) is 0 Å². The summed E-state index contributed by atoms with van der Waals surface area (Å²) in [6, 6.07) is -0.00241. The lowest BCUT2D eigenvalue weighted by Crippen LogP contribution is -2.44. The molecule has 0 radical (unpaired) electrons. The normalized spacial score (nSPS) is 20.5. The number of nitrogens with one attached hydrogen (secondary N) is 1. The molecular formula is C11H22N2O2. The van der Waals surface area contributed by atoms with Crippen LogP contribution in [0.4, 0.5) is 0 Å². The quantitative estimate of drug-likeness (QED) is 0.703. The highest BCUT2D eigenvalue weighted by molar-refractivity contribution is 5.77. The van der Waals surface area contributed by atoms with Crippen molar-refractivity contribution in [2.75, 3.05) is 26.2 Å². The minimum atomic E-state index is -0.00241. The Morgan fingerprint density at radius 2 is 2.20 bits per heavy atom. The van der Waals surface area contributed by atoms with E-state index in [2.05, 4.69) is 19.2 Å². The summed E-state index contributed by atoms with van der Waals surface area (Å²) in [6.45, 7) is 6.61. The SMILES string of the molecule is CC(C)C[C@@H](CO)N1CCNCCC1=O. The second kappa shape index (κ2) is 6.08. The van der Waals surface area contributed by atoms with Crippen LogP contribution in [0, 0.1) is 5.92 Å². The number of nitrogens with zero attached hydrogens (tertiary/aromatic N) is 1. The van der Waals surface area contributed by atoms with Crippen LogP contribution in [0.15, 0.2) is 0 Å². The number of aliphatic hydroxyl groups excluding tert-OH is 1. The Bertz CT molecular complexity index is 207. The highest BCUT2D eigenvalue weighted by Crippen LogP contribution is 2.13. The summed E-state index contributed by atoms with van der Waals surface area (Å²) in [5.41, 5.74) is 0. The molecule has 15 heavy (non-hydrogen) atoms. The average molecular weight is 214 g/mol. The second-order valence-electron chi connectivity index (χ2n) is 4.55. The Labute approximate surface area is 91.6 Å². The van der Waals surface area contributed by atoms with Crippen LogP contribution < -0.4 is 5.32 Å². The van der Waals surface area contributed by atoms with Gasteiger partial charge in [-0.05, 0) is 12.3 Å².